The number of hydrogen-bond acceptors (Lipinski definition) is 6. The van der Waals surface area contributed by atoms with Gasteiger partial charge in [-0.05, 0) is 12.1 Å². The summed E-state index contributed by atoms with van der Waals surface area (Å²) in [6.45, 7) is 2.96. The van der Waals surface area contributed by atoms with E-state index in [1.54, 1.807) is 17.9 Å². The summed E-state index contributed by atoms with van der Waals surface area (Å²) in [6, 6.07) is 8.89. The van der Waals surface area contributed by atoms with Crippen LogP contribution in [0.3, 0.4) is 0 Å². The van der Waals surface area contributed by atoms with Gasteiger partial charge in [-0.1, -0.05) is 18.2 Å². The van der Waals surface area contributed by atoms with Crippen molar-refractivity contribution in [2.45, 2.75) is 13.0 Å². The minimum atomic E-state index is -0.398. The van der Waals surface area contributed by atoms with Crippen molar-refractivity contribution in [1.29, 1.82) is 0 Å². The van der Waals surface area contributed by atoms with Gasteiger partial charge >= 0.3 is 0 Å². The van der Waals surface area contributed by atoms with Crippen molar-refractivity contribution in [2.75, 3.05) is 19.8 Å². The van der Waals surface area contributed by atoms with Crippen LogP contribution in [0.2, 0.25) is 0 Å². The van der Waals surface area contributed by atoms with E-state index < -0.39 is 6.04 Å². The fraction of sp³-hybridized carbons (Fsp3) is 0.312. The highest BCUT2D eigenvalue weighted by Gasteiger charge is 2.34. The topological polar surface area (TPSA) is 81.6 Å². The Kier molecular flexibility index (Phi) is 3.34. The molecule has 0 N–H and O–H groups in total. The van der Waals surface area contributed by atoms with Crippen molar-refractivity contribution in [3.05, 3.63) is 47.9 Å². The predicted octanol–water partition coefficient (Wildman–Crippen LogP) is 2.34. The Morgan fingerprint density at radius 3 is 2.91 bits per heavy atom. The molecule has 23 heavy (non-hydrogen) atoms. The summed E-state index contributed by atoms with van der Waals surface area (Å²) in [5, 5.41) is 8.74. The van der Waals surface area contributed by atoms with Crippen LogP contribution in [-0.2, 0) is 4.74 Å². The number of ether oxygens (including phenoxy) is 1. The van der Waals surface area contributed by atoms with Crippen molar-refractivity contribution in [1.82, 2.24) is 15.1 Å². The normalized spacial score (nSPS) is 18.5. The minimum absolute atomic E-state index is 0.203. The minimum Gasteiger partial charge on any atom is -0.451 e. The average molecular weight is 313 g/mol. The van der Waals surface area contributed by atoms with E-state index in [-0.39, 0.29) is 5.91 Å². The Morgan fingerprint density at radius 2 is 2.13 bits per heavy atom. The number of benzene rings is 1. The molecule has 0 saturated carbocycles. The molecule has 1 saturated heterocycles. The number of hydrogen-bond donors (Lipinski definition) is 0. The zero-order valence-corrected chi connectivity index (χ0v) is 12.6. The number of aromatic nitrogens is 2. The van der Waals surface area contributed by atoms with Gasteiger partial charge < -0.3 is 18.5 Å². The Hall–Kier alpha value is -2.67. The fourth-order valence-corrected chi connectivity index (χ4v) is 2.73. The van der Waals surface area contributed by atoms with Gasteiger partial charge in [0, 0.05) is 18.9 Å². The summed E-state index contributed by atoms with van der Waals surface area (Å²) in [5.74, 6) is 0.938. The van der Waals surface area contributed by atoms with Gasteiger partial charge in [0.1, 0.15) is 11.6 Å². The third-order valence-electron chi connectivity index (χ3n) is 3.85. The number of nitrogens with zero attached hydrogens (tertiary/aromatic N) is 3. The molecular formula is C16H15N3O4. The third kappa shape index (κ3) is 2.49. The Bertz CT molecular complexity index is 821. The summed E-state index contributed by atoms with van der Waals surface area (Å²) >= 11 is 0. The summed E-state index contributed by atoms with van der Waals surface area (Å²) in [5.41, 5.74) is 0.689. The molecule has 2 aromatic heterocycles. The first-order valence-electron chi connectivity index (χ1n) is 7.39. The van der Waals surface area contributed by atoms with E-state index in [1.165, 1.54) is 0 Å². The number of morpholine rings is 1. The number of rotatable bonds is 2. The summed E-state index contributed by atoms with van der Waals surface area (Å²) in [4.78, 5) is 14.5. The first kappa shape index (κ1) is 14.0. The van der Waals surface area contributed by atoms with E-state index in [0.717, 1.165) is 5.39 Å². The van der Waals surface area contributed by atoms with Gasteiger partial charge in [0.05, 0.1) is 13.2 Å². The van der Waals surface area contributed by atoms with Gasteiger partial charge in [-0.2, -0.15) is 0 Å². The SMILES string of the molecule is Cc1nnc([C@H]2COCCN2C(=O)c2cc3ccccc3o2)o1. The highest BCUT2D eigenvalue weighted by atomic mass is 16.5. The van der Waals surface area contributed by atoms with Crippen molar-refractivity contribution < 1.29 is 18.4 Å². The molecule has 3 heterocycles. The quantitative estimate of drug-likeness (QED) is 0.722. The first-order valence-corrected chi connectivity index (χ1v) is 7.39. The van der Waals surface area contributed by atoms with Crippen LogP contribution < -0.4 is 0 Å². The zero-order valence-electron chi connectivity index (χ0n) is 12.6. The molecule has 0 aliphatic carbocycles. The molecule has 7 nitrogen and oxygen atoms in total. The van der Waals surface area contributed by atoms with Crippen LogP contribution in [0.1, 0.15) is 28.4 Å². The largest absolute Gasteiger partial charge is 0.451 e. The Balaban J connectivity index is 1.67. The number of furan rings is 1. The summed E-state index contributed by atoms with van der Waals surface area (Å²) in [6.07, 6.45) is 0. The third-order valence-corrected chi connectivity index (χ3v) is 3.85. The molecule has 4 rings (SSSR count). The lowest BCUT2D eigenvalue weighted by Gasteiger charge is -2.32. The van der Waals surface area contributed by atoms with Gasteiger partial charge in [0.2, 0.25) is 11.8 Å². The van der Waals surface area contributed by atoms with Crippen LogP contribution in [-0.4, -0.2) is 40.8 Å². The maximum absolute atomic E-state index is 12.8. The molecule has 0 radical (unpaired) electrons. The zero-order chi connectivity index (χ0) is 15.8. The molecule has 3 aromatic rings. The van der Waals surface area contributed by atoms with Gasteiger partial charge in [0.25, 0.3) is 5.91 Å². The molecule has 1 aliphatic heterocycles. The maximum Gasteiger partial charge on any atom is 0.290 e. The van der Waals surface area contributed by atoms with Crippen molar-refractivity contribution in [3.8, 4) is 0 Å². The summed E-state index contributed by atoms with van der Waals surface area (Å²) < 4.78 is 16.6. The van der Waals surface area contributed by atoms with Crippen molar-refractivity contribution in [3.63, 3.8) is 0 Å². The average Bonchev–Trinajstić information content (AvgIpc) is 3.20. The molecule has 1 atom stereocenters. The van der Waals surface area contributed by atoms with E-state index in [4.69, 9.17) is 13.6 Å². The molecular weight excluding hydrogens is 298 g/mol. The van der Waals surface area contributed by atoms with Crippen molar-refractivity contribution >= 4 is 16.9 Å². The fourth-order valence-electron chi connectivity index (χ4n) is 2.73. The highest BCUT2D eigenvalue weighted by molar-refractivity contribution is 5.96. The lowest BCUT2D eigenvalue weighted by molar-refractivity contribution is -0.0120. The maximum atomic E-state index is 12.8. The number of aryl methyl sites for hydroxylation is 1. The Labute approximate surface area is 131 Å². The molecule has 1 fully saturated rings. The first-order chi connectivity index (χ1) is 11.2. The van der Waals surface area contributed by atoms with Crippen LogP contribution in [0.25, 0.3) is 11.0 Å². The van der Waals surface area contributed by atoms with E-state index >= 15 is 0 Å². The standard InChI is InChI=1S/C16H15N3O4/c1-10-17-18-15(22-10)12-9-21-7-6-19(12)16(20)14-8-11-4-2-3-5-13(11)23-14/h2-5,8,12H,6-7,9H2,1H3/t12-/m1/s1. The second kappa shape index (κ2) is 5.51. The molecule has 1 aromatic carbocycles. The van der Waals surface area contributed by atoms with E-state index in [2.05, 4.69) is 10.2 Å². The number of para-hydroxylation sites is 1. The molecule has 118 valence electrons. The lowest BCUT2D eigenvalue weighted by Crippen LogP contribution is -2.43. The molecule has 7 heteroatoms. The summed E-state index contributed by atoms with van der Waals surface area (Å²) in [7, 11) is 0. The Morgan fingerprint density at radius 1 is 1.26 bits per heavy atom. The highest BCUT2D eigenvalue weighted by Crippen LogP contribution is 2.27. The van der Waals surface area contributed by atoms with Crippen molar-refractivity contribution in [2.24, 2.45) is 0 Å². The van der Waals surface area contributed by atoms with Crippen LogP contribution in [0, 0.1) is 6.92 Å². The molecule has 1 amide bonds. The molecule has 0 bridgehead atoms. The van der Waals surface area contributed by atoms with Gasteiger partial charge in [-0.3, -0.25) is 4.79 Å². The predicted molar refractivity (Wildman–Crippen MR) is 79.8 cm³/mol. The van der Waals surface area contributed by atoms with Gasteiger partial charge in [-0.25, -0.2) is 0 Å². The monoisotopic (exact) mass is 313 g/mol. The second-order valence-corrected chi connectivity index (χ2v) is 5.40. The molecule has 0 unspecified atom stereocenters. The van der Waals surface area contributed by atoms with Crippen LogP contribution in [0.15, 0.2) is 39.2 Å². The number of fused-ring (bicyclic) bond motifs is 1. The van der Waals surface area contributed by atoms with E-state index in [1.807, 2.05) is 24.3 Å². The number of amides is 1. The second-order valence-electron chi connectivity index (χ2n) is 5.40. The van der Waals surface area contributed by atoms with Gasteiger partial charge in [-0.15, -0.1) is 10.2 Å². The van der Waals surface area contributed by atoms with Crippen LogP contribution in [0.5, 0.6) is 0 Å². The van der Waals surface area contributed by atoms with Crippen LogP contribution >= 0.6 is 0 Å². The van der Waals surface area contributed by atoms with E-state index in [9.17, 15) is 4.79 Å². The molecule has 0 spiro atoms. The van der Waals surface area contributed by atoms with E-state index in [0.29, 0.717) is 42.9 Å². The smallest absolute Gasteiger partial charge is 0.290 e. The number of carbonyl (C=O) groups is 1. The molecule has 1 aliphatic rings. The van der Waals surface area contributed by atoms with Gasteiger partial charge in [0.15, 0.2) is 5.76 Å². The number of carbonyl (C=O) groups excluding carboxylic acids is 1. The van der Waals surface area contributed by atoms with Crippen LogP contribution in [0.4, 0.5) is 0 Å². The lowest BCUT2D eigenvalue weighted by atomic mass is 10.2.